The maximum absolute atomic E-state index is 12.4. The average Bonchev–Trinajstić information content (AvgIpc) is 3.08. The summed E-state index contributed by atoms with van der Waals surface area (Å²) >= 11 is 0. The average molecular weight is 297 g/mol. The summed E-state index contributed by atoms with van der Waals surface area (Å²) in [4.78, 5) is 12.4. The number of hydrogen-bond donors (Lipinski definition) is 1. The van der Waals surface area contributed by atoms with Crippen LogP contribution in [0.25, 0.3) is 0 Å². The minimum absolute atomic E-state index is 0.0976. The molecule has 0 aliphatic heterocycles. The molecule has 0 heterocycles. The molecule has 0 bridgehead atoms. The smallest absolute Gasteiger partial charge is 0.326 e. The molecule has 0 aromatic carbocycles. The second-order valence-electron chi connectivity index (χ2n) is 6.92. The van der Waals surface area contributed by atoms with Crippen LogP contribution in [0.15, 0.2) is 0 Å². The molecule has 1 N–H and O–H groups in total. The van der Waals surface area contributed by atoms with E-state index >= 15 is 0 Å². The van der Waals surface area contributed by atoms with Gasteiger partial charge in [0.15, 0.2) is 0 Å². The summed E-state index contributed by atoms with van der Waals surface area (Å²) in [7, 11) is 1.50. The van der Waals surface area contributed by atoms with Crippen LogP contribution in [0.5, 0.6) is 0 Å². The summed E-state index contributed by atoms with van der Waals surface area (Å²) in [6.07, 6.45) is 9.47. The van der Waals surface area contributed by atoms with Gasteiger partial charge in [0.1, 0.15) is 5.54 Å². The van der Waals surface area contributed by atoms with Gasteiger partial charge >= 0.3 is 5.97 Å². The van der Waals surface area contributed by atoms with Crippen LogP contribution in [0, 0.1) is 5.92 Å². The topological polar surface area (TPSA) is 47.6 Å². The predicted molar refractivity (Wildman–Crippen MR) is 83.2 cm³/mol. The summed E-state index contributed by atoms with van der Waals surface area (Å²) in [5.74, 6) is 0.230. The molecule has 2 unspecified atom stereocenters. The number of ether oxygens (including phenoxy) is 2. The second kappa shape index (κ2) is 7.59. The lowest BCUT2D eigenvalue weighted by Crippen LogP contribution is -2.57. The Balaban J connectivity index is 1.92. The van der Waals surface area contributed by atoms with Crippen molar-refractivity contribution >= 4 is 5.97 Å². The molecule has 0 aromatic heterocycles. The first-order valence-electron chi connectivity index (χ1n) is 8.56. The minimum Gasteiger partial charge on any atom is -0.468 e. The molecule has 2 aliphatic rings. The Morgan fingerprint density at radius 2 is 1.95 bits per heavy atom. The molecule has 0 amide bonds. The highest BCUT2D eigenvalue weighted by Crippen LogP contribution is 2.39. The lowest BCUT2D eigenvalue weighted by Gasteiger charge is -2.35. The van der Waals surface area contributed by atoms with Crippen molar-refractivity contribution in [2.75, 3.05) is 13.7 Å². The van der Waals surface area contributed by atoms with Gasteiger partial charge in [0, 0.05) is 12.6 Å². The van der Waals surface area contributed by atoms with Gasteiger partial charge in [-0.3, -0.25) is 10.1 Å². The van der Waals surface area contributed by atoms with Crippen molar-refractivity contribution in [3.63, 3.8) is 0 Å². The molecule has 21 heavy (non-hydrogen) atoms. The maximum atomic E-state index is 12.4. The number of hydrogen-bond acceptors (Lipinski definition) is 4. The van der Waals surface area contributed by atoms with Crippen molar-refractivity contribution in [2.24, 2.45) is 5.92 Å². The third-order valence-electron chi connectivity index (χ3n) is 5.04. The number of nitrogens with one attached hydrogen (secondary N) is 1. The minimum atomic E-state index is -0.498. The molecule has 2 fully saturated rings. The third-order valence-corrected chi connectivity index (χ3v) is 5.04. The Morgan fingerprint density at radius 3 is 2.57 bits per heavy atom. The molecule has 4 heteroatoms. The van der Waals surface area contributed by atoms with Gasteiger partial charge in [-0.2, -0.15) is 0 Å². The van der Waals surface area contributed by atoms with E-state index < -0.39 is 5.54 Å². The molecule has 122 valence electrons. The summed E-state index contributed by atoms with van der Waals surface area (Å²) in [5.41, 5.74) is -0.498. The zero-order valence-corrected chi connectivity index (χ0v) is 13.8. The van der Waals surface area contributed by atoms with E-state index in [4.69, 9.17) is 9.47 Å². The molecule has 2 saturated carbocycles. The second-order valence-corrected chi connectivity index (χ2v) is 6.92. The normalized spacial score (nSPS) is 30.2. The fourth-order valence-electron chi connectivity index (χ4n) is 4.12. The van der Waals surface area contributed by atoms with Crippen LogP contribution >= 0.6 is 0 Å². The number of carbonyl (C=O) groups is 1. The summed E-state index contributed by atoms with van der Waals surface area (Å²) in [6.45, 7) is 4.96. The summed E-state index contributed by atoms with van der Waals surface area (Å²) in [6, 6.07) is 0.278. The highest BCUT2D eigenvalue weighted by Gasteiger charge is 2.49. The lowest BCUT2D eigenvalue weighted by atomic mass is 9.84. The fraction of sp³-hybridized carbons (Fsp3) is 0.941. The quantitative estimate of drug-likeness (QED) is 0.734. The van der Waals surface area contributed by atoms with Crippen molar-refractivity contribution in [2.45, 2.75) is 82.9 Å². The molecule has 2 aliphatic carbocycles. The highest BCUT2D eigenvalue weighted by molar-refractivity contribution is 5.81. The Labute approximate surface area is 129 Å². The van der Waals surface area contributed by atoms with Gasteiger partial charge < -0.3 is 9.47 Å². The Kier molecular flexibility index (Phi) is 6.06. The predicted octanol–water partition coefficient (Wildman–Crippen LogP) is 3.05. The van der Waals surface area contributed by atoms with E-state index in [1.54, 1.807) is 0 Å². The van der Waals surface area contributed by atoms with Crippen LogP contribution < -0.4 is 5.32 Å². The van der Waals surface area contributed by atoms with E-state index in [9.17, 15) is 4.79 Å². The monoisotopic (exact) mass is 297 g/mol. The fourth-order valence-corrected chi connectivity index (χ4v) is 4.12. The molecule has 2 rings (SSSR count). The van der Waals surface area contributed by atoms with E-state index in [-0.39, 0.29) is 12.0 Å². The van der Waals surface area contributed by atoms with Gasteiger partial charge in [-0.05, 0) is 51.9 Å². The van der Waals surface area contributed by atoms with Crippen molar-refractivity contribution < 1.29 is 14.3 Å². The van der Waals surface area contributed by atoms with Gasteiger partial charge in [0.05, 0.1) is 13.2 Å². The van der Waals surface area contributed by atoms with Gasteiger partial charge in [0.25, 0.3) is 0 Å². The van der Waals surface area contributed by atoms with Gasteiger partial charge in [-0.15, -0.1) is 0 Å². The SMILES string of the molecule is COC(=O)C1(NC(C)C)CCCC1CCOC1CCCC1. The Hall–Kier alpha value is -0.610. The molecular formula is C17H31NO3. The number of esters is 1. The van der Waals surface area contributed by atoms with E-state index in [0.717, 1.165) is 32.3 Å². The van der Waals surface area contributed by atoms with Crippen molar-refractivity contribution in [1.82, 2.24) is 5.32 Å². The van der Waals surface area contributed by atoms with Crippen LogP contribution in [0.2, 0.25) is 0 Å². The first-order valence-corrected chi connectivity index (χ1v) is 8.56. The first-order chi connectivity index (χ1) is 10.1. The van der Waals surface area contributed by atoms with Gasteiger partial charge in [-0.1, -0.05) is 19.3 Å². The van der Waals surface area contributed by atoms with Crippen molar-refractivity contribution in [1.29, 1.82) is 0 Å². The van der Waals surface area contributed by atoms with E-state index in [2.05, 4.69) is 19.2 Å². The third kappa shape index (κ3) is 3.98. The largest absolute Gasteiger partial charge is 0.468 e. The van der Waals surface area contributed by atoms with E-state index in [1.807, 2.05) is 0 Å². The van der Waals surface area contributed by atoms with Crippen molar-refractivity contribution in [3.05, 3.63) is 0 Å². The molecular weight excluding hydrogens is 266 g/mol. The Bertz CT molecular complexity index is 339. The van der Waals surface area contributed by atoms with Crippen LogP contribution in [-0.4, -0.2) is 37.4 Å². The standard InChI is InChI=1S/C17H31NO3/c1-13(2)18-17(16(19)20-3)11-6-7-14(17)10-12-21-15-8-4-5-9-15/h13-15,18H,4-12H2,1-3H3. The first kappa shape index (κ1) is 16.8. The highest BCUT2D eigenvalue weighted by atomic mass is 16.5. The van der Waals surface area contributed by atoms with Crippen LogP contribution in [-0.2, 0) is 14.3 Å². The number of carbonyl (C=O) groups excluding carboxylic acids is 1. The van der Waals surface area contributed by atoms with Crippen LogP contribution in [0.3, 0.4) is 0 Å². The molecule has 0 radical (unpaired) electrons. The van der Waals surface area contributed by atoms with E-state index in [1.165, 1.54) is 32.8 Å². The van der Waals surface area contributed by atoms with Crippen LogP contribution in [0.1, 0.15) is 65.2 Å². The van der Waals surface area contributed by atoms with Gasteiger partial charge in [-0.25, -0.2) is 0 Å². The number of methoxy groups -OCH3 is 1. The van der Waals surface area contributed by atoms with E-state index in [0.29, 0.717) is 12.0 Å². The molecule has 0 saturated heterocycles. The zero-order chi connectivity index (χ0) is 15.3. The molecule has 0 spiro atoms. The number of rotatable bonds is 7. The van der Waals surface area contributed by atoms with Gasteiger partial charge in [0.2, 0.25) is 0 Å². The van der Waals surface area contributed by atoms with Crippen LogP contribution in [0.4, 0.5) is 0 Å². The summed E-state index contributed by atoms with van der Waals surface area (Å²) < 4.78 is 11.1. The maximum Gasteiger partial charge on any atom is 0.326 e. The Morgan fingerprint density at radius 1 is 1.24 bits per heavy atom. The summed E-state index contributed by atoms with van der Waals surface area (Å²) in [5, 5.41) is 3.50. The lowest BCUT2D eigenvalue weighted by molar-refractivity contribution is -0.151. The molecule has 2 atom stereocenters. The molecule has 0 aromatic rings. The molecule has 4 nitrogen and oxygen atoms in total. The zero-order valence-electron chi connectivity index (χ0n) is 13.8. The van der Waals surface area contributed by atoms with Crippen molar-refractivity contribution in [3.8, 4) is 0 Å².